The molecule has 0 rings (SSSR count). The van der Waals surface area contributed by atoms with Crippen LogP contribution >= 0.6 is 13.5 Å². The number of rotatable bonds is 80. The zero-order chi connectivity index (χ0) is 76.5. The third-order valence-electron chi connectivity index (χ3n) is 19.0. The van der Waals surface area contributed by atoms with Crippen molar-refractivity contribution in [1.29, 1.82) is 0 Å². The molecule has 0 amide bonds. The molecular formula is C94H182O8S5Sn2. The van der Waals surface area contributed by atoms with Crippen molar-refractivity contribution in [3.63, 3.8) is 0 Å². The number of allylic oxidation sites excluding steroid dienone is 8. The van der Waals surface area contributed by atoms with Gasteiger partial charge in [0.05, 0.1) is 26.4 Å². The zero-order valence-corrected chi connectivity index (χ0v) is 80.7. The fourth-order valence-electron chi connectivity index (χ4n) is 12.4. The maximum Gasteiger partial charge on any atom is 2.00 e. The van der Waals surface area contributed by atoms with E-state index in [2.05, 4.69) is 76.3 Å². The first kappa shape index (κ1) is 127. The van der Waals surface area contributed by atoms with Gasteiger partial charge in [-0.1, -0.05) is 374 Å². The molecule has 109 heavy (non-hydrogen) atoms. The van der Waals surface area contributed by atoms with Gasteiger partial charge in [0, 0.05) is 25.7 Å². The molecule has 4 radical (unpaired) electrons. The fourth-order valence-corrected chi connectivity index (χ4v) is 12.7. The summed E-state index contributed by atoms with van der Waals surface area (Å²) in [6.45, 7) is 10.7. The Bertz CT molecular complexity index is 1530. The van der Waals surface area contributed by atoms with Crippen molar-refractivity contribution in [3.8, 4) is 0 Å². The molecule has 0 saturated heterocycles. The second-order valence-electron chi connectivity index (χ2n) is 29.3. The van der Waals surface area contributed by atoms with Crippen LogP contribution < -0.4 is 0 Å². The summed E-state index contributed by atoms with van der Waals surface area (Å²) in [6, 6.07) is 0. The van der Waals surface area contributed by atoms with E-state index in [4.69, 9.17) is 69.5 Å². The van der Waals surface area contributed by atoms with Gasteiger partial charge in [0.15, 0.2) is 0 Å². The molecule has 0 aliphatic carbocycles. The van der Waals surface area contributed by atoms with E-state index >= 15 is 0 Å². The van der Waals surface area contributed by atoms with Crippen LogP contribution in [0.25, 0.3) is 0 Å². The number of esters is 4. The molecule has 0 aromatic carbocycles. The van der Waals surface area contributed by atoms with E-state index in [1.807, 2.05) is 0 Å². The van der Waals surface area contributed by atoms with Crippen LogP contribution in [0.5, 0.6) is 0 Å². The monoisotopic (exact) mass is 1840 g/mol. The molecular weight excluding hydrogens is 1650 g/mol. The molecule has 0 bridgehead atoms. The quantitative estimate of drug-likeness (QED) is 0.0145. The van der Waals surface area contributed by atoms with Gasteiger partial charge in [0.1, 0.15) is 0 Å². The van der Waals surface area contributed by atoms with Gasteiger partial charge >= 0.3 is 71.7 Å². The van der Waals surface area contributed by atoms with Gasteiger partial charge in [0.25, 0.3) is 0 Å². The molecule has 644 valence electrons. The van der Waals surface area contributed by atoms with Crippen molar-refractivity contribution in [2.45, 2.75) is 479 Å². The van der Waals surface area contributed by atoms with Crippen molar-refractivity contribution in [2.24, 2.45) is 0 Å². The molecule has 0 aliphatic rings. The first-order valence-electron chi connectivity index (χ1n) is 44.8. The zero-order valence-electron chi connectivity index (χ0n) is 70.8. The van der Waals surface area contributed by atoms with Crippen LogP contribution in [0.4, 0.5) is 0 Å². The van der Waals surface area contributed by atoms with E-state index < -0.39 is 0 Å². The molecule has 0 unspecified atom stereocenters. The third-order valence-corrected chi connectivity index (χ3v) is 19.6. The van der Waals surface area contributed by atoms with E-state index in [-0.39, 0.29) is 100 Å². The second kappa shape index (κ2) is 124. The van der Waals surface area contributed by atoms with Gasteiger partial charge in [0.2, 0.25) is 0 Å². The number of unbranched alkanes of at least 4 members (excludes halogenated alkanes) is 56. The summed E-state index contributed by atoms with van der Waals surface area (Å²) in [6.07, 6.45) is 105. The molecule has 15 heteroatoms. The summed E-state index contributed by atoms with van der Waals surface area (Å²) in [5.41, 5.74) is 0. The van der Waals surface area contributed by atoms with Crippen LogP contribution in [-0.2, 0) is 88.6 Å². The molecule has 0 aromatic heterocycles. The SMILES string of the molecule is C.C.CCCCCCCCCCCCC/C=C/CCCCCC(=O)OCC[S-].CCCCCCCCCCCCC/C=C/CCCCCC(=O)OCC[S-].CCCCCCCCCCCCC/C=C/CCCCCC(=O)OCC[S-].CCCCCCCCCCCCC/C=C/CCCCCC(=O)OCC[S-].S.[Sn+2].[Sn+2]. The van der Waals surface area contributed by atoms with Crippen molar-refractivity contribution in [2.75, 3.05) is 49.4 Å². The Kier molecular flexibility index (Phi) is 145. The van der Waals surface area contributed by atoms with Gasteiger partial charge < -0.3 is 69.5 Å². The summed E-state index contributed by atoms with van der Waals surface area (Å²) < 4.78 is 19.9. The summed E-state index contributed by atoms with van der Waals surface area (Å²) >= 11 is 19.0. The number of carbonyl (C=O) groups excluding carboxylic acids is 4. The predicted molar refractivity (Wildman–Crippen MR) is 501 cm³/mol. The number of ether oxygens (including phenoxy) is 4. The van der Waals surface area contributed by atoms with Crippen molar-refractivity contribution in [1.82, 2.24) is 0 Å². The minimum absolute atomic E-state index is 0. The number of carbonyl (C=O) groups is 4. The Morgan fingerprint density at radius 2 is 0.312 bits per heavy atom. The molecule has 0 aromatic rings. The summed E-state index contributed by atoms with van der Waals surface area (Å²) in [5.74, 6) is 1.60. The third kappa shape index (κ3) is 132. The molecule has 8 nitrogen and oxygen atoms in total. The van der Waals surface area contributed by atoms with Crippen molar-refractivity contribution < 1.29 is 38.1 Å². The number of hydrogen-bond donors (Lipinski definition) is 0. The Labute approximate surface area is 744 Å². The van der Waals surface area contributed by atoms with Gasteiger partial charge in [-0.15, -0.1) is 23.0 Å². The van der Waals surface area contributed by atoms with Crippen LogP contribution in [0.2, 0.25) is 0 Å². The predicted octanol–water partition coefficient (Wildman–Crippen LogP) is 29.8. The normalized spacial score (nSPS) is 10.8. The average Bonchev–Trinajstić information content (AvgIpc) is 2.78. The van der Waals surface area contributed by atoms with Crippen LogP contribution in [0, 0.1) is 0 Å². The van der Waals surface area contributed by atoms with Gasteiger partial charge in [-0.25, -0.2) is 0 Å². The maximum atomic E-state index is 11.3. The summed E-state index contributed by atoms with van der Waals surface area (Å²) in [4.78, 5) is 45.2. The Balaban J connectivity index is -0.000000172. The first-order valence-corrected chi connectivity index (χ1v) is 47.1. The molecule has 0 atom stereocenters. The van der Waals surface area contributed by atoms with E-state index in [9.17, 15) is 19.2 Å². The topological polar surface area (TPSA) is 105 Å². The number of hydrogen-bond acceptors (Lipinski definition) is 12. The van der Waals surface area contributed by atoms with Gasteiger partial charge in [-0.2, -0.15) is 13.5 Å². The molecule has 0 N–H and O–H groups in total. The van der Waals surface area contributed by atoms with Crippen molar-refractivity contribution >= 4 is 136 Å². The van der Waals surface area contributed by atoms with Crippen LogP contribution in [0.15, 0.2) is 48.6 Å². The van der Waals surface area contributed by atoms with E-state index in [1.165, 1.54) is 334 Å². The van der Waals surface area contributed by atoms with Crippen LogP contribution in [0.1, 0.15) is 479 Å². The Hall–Kier alpha value is 0.187. The summed E-state index contributed by atoms with van der Waals surface area (Å²) in [7, 11) is 0. The van der Waals surface area contributed by atoms with Crippen LogP contribution in [0.3, 0.4) is 0 Å². The van der Waals surface area contributed by atoms with Crippen molar-refractivity contribution in [3.05, 3.63) is 48.6 Å². The Morgan fingerprint density at radius 3 is 0.431 bits per heavy atom. The second-order valence-corrected chi connectivity index (χ2v) is 30.9. The maximum absolute atomic E-state index is 11.3. The standard InChI is InChI=1S/4C23H44O2S.2CH4.H2S.2Sn/c4*1-2-3-4-5-6-7-8-9-10-11-12-13-14-15-16-17-18-19-20-23(24)25-21-22-26;;;;;/h4*14-15,26H,2-13,16-22H2,1H3;2*1H4;1H2;;/q;;;;;;;2*+2/p-4/b4*15-14+;;;;;. The molecule has 0 aliphatic heterocycles. The summed E-state index contributed by atoms with van der Waals surface area (Å²) in [5, 5.41) is 0. The largest absolute Gasteiger partial charge is 2.00 e. The van der Waals surface area contributed by atoms with Gasteiger partial charge in [-0.05, 0) is 128 Å². The smallest absolute Gasteiger partial charge is 0.789 e. The Morgan fingerprint density at radius 1 is 0.202 bits per heavy atom. The van der Waals surface area contributed by atoms with E-state index in [0.717, 1.165) is 77.0 Å². The average molecular weight is 1840 g/mol. The molecule has 0 spiro atoms. The molecule has 0 saturated carbocycles. The molecule has 0 heterocycles. The first-order chi connectivity index (χ1) is 51.2. The van der Waals surface area contributed by atoms with Crippen LogP contribution in [-0.4, -0.2) is 121 Å². The van der Waals surface area contributed by atoms with E-state index in [1.54, 1.807) is 0 Å². The van der Waals surface area contributed by atoms with E-state index in [0.29, 0.717) is 75.1 Å². The minimum atomic E-state index is -0.0955. The fraction of sp³-hybridized carbons (Fsp3) is 0.872. The van der Waals surface area contributed by atoms with Gasteiger partial charge in [-0.3, -0.25) is 19.2 Å². The minimum Gasteiger partial charge on any atom is -0.789 e. The molecule has 0 fully saturated rings.